The highest BCUT2D eigenvalue weighted by Gasteiger charge is 2.31. The largest absolute Gasteiger partial charge is 0.497 e. The van der Waals surface area contributed by atoms with Crippen molar-refractivity contribution in [2.75, 3.05) is 19.0 Å². The fraction of sp³-hybridized carbons (Fsp3) is 0.200. The number of amides is 1. The Balaban J connectivity index is 1.58. The first kappa shape index (κ1) is 21.5. The van der Waals surface area contributed by atoms with Crippen molar-refractivity contribution < 1.29 is 36.7 Å². The quantitative estimate of drug-likeness (QED) is 0.554. The molecule has 0 bridgehead atoms. The van der Waals surface area contributed by atoms with Gasteiger partial charge in [0.1, 0.15) is 11.3 Å². The average molecular weight is 442 g/mol. The van der Waals surface area contributed by atoms with Gasteiger partial charge in [-0.3, -0.25) is 9.59 Å². The molecule has 3 rings (SSSR count). The van der Waals surface area contributed by atoms with E-state index in [0.717, 1.165) is 12.1 Å². The van der Waals surface area contributed by atoms with Crippen molar-refractivity contribution in [3.05, 3.63) is 58.8 Å². The van der Waals surface area contributed by atoms with Crippen LogP contribution in [0.25, 0.3) is 11.0 Å². The number of methoxy groups -OCH3 is 1. The maximum atomic E-state index is 12.8. The molecule has 1 aromatic heterocycles. The molecule has 0 radical (unpaired) electrons. The average Bonchev–Trinajstić information content (AvgIpc) is 3.09. The van der Waals surface area contributed by atoms with Crippen molar-refractivity contribution in [3.63, 3.8) is 0 Å². The Morgan fingerprint density at radius 1 is 1.17 bits per heavy atom. The van der Waals surface area contributed by atoms with E-state index in [-0.39, 0.29) is 17.1 Å². The topological polar surface area (TPSA) is 77.8 Å². The lowest BCUT2D eigenvalue weighted by molar-refractivity contribution is -0.146. The molecule has 1 heterocycles. The number of alkyl halides is 3. The van der Waals surface area contributed by atoms with Crippen molar-refractivity contribution in [2.45, 2.75) is 12.6 Å². The number of rotatable bonds is 6. The van der Waals surface area contributed by atoms with Gasteiger partial charge in [-0.15, -0.1) is 0 Å². The third-order valence-corrected chi connectivity index (χ3v) is 4.46. The van der Waals surface area contributed by atoms with Crippen LogP contribution in [0, 0.1) is 0 Å². The van der Waals surface area contributed by atoms with Crippen molar-refractivity contribution >= 4 is 40.1 Å². The second-order valence-corrected chi connectivity index (χ2v) is 6.61. The summed E-state index contributed by atoms with van der Waals surface area (Å²) in [6.45, 7) is -0.686. The number of anilines is 1. The summed E-state index contributed by atoms with van der Waals surface area (Å²) in [7, 11) is 1.51. The predicted octanol–water partition coefficient (Wildman–Crippen LogP) is 4.84. The third kappa shape index (κ3) is 5.04. The van der Waals surface area contributed by atoms with Crippen LogP contribution >= 0.6 is 11.6 Å². The van der Waals surface area contributed by atoms with Crippen LogP contribution in [0.2, 0.25) is 5.02 Å². The summed E-state index contributed by atoms with van der Waals surface area (Å²) >= 11 is 5.82. The lowest BCUT2D eigenvalue weighted by Gasteiger charge is -2.11. The molecule has 2 aromatic carbocycles. The number of halogens is 4. The number of hydrogen-bond donors (Lipinski definition) is 1. The molecule has 0 spiro atoms. The maximum absolute atomic E-state index is 12.8. The van der Waals surface area contributed by atoms with Gasteiger partial charge >= 0.3 is 12.1 Å². The molecular weight excluding hydrogens is 427 g/mol. The first-order valence-electron chi connectivity index (χ1n) is 8.53. The zero-order chi connectivity index (χ0) is 21.9. The molecule has 0 aliphatic carbocycles. The van der Waals surface area contributed by atoms with Crippen LogP contribution in [0.3, 0.4) is 0 Å². The number of fused-ring (bicyclic) bond motifs is 1. The van der Waals surface area contributed by atoms with Gasteiger partial charge in [0.25, 0.3) is 5.91 Å². The van der Waals surface area contributed by atoms with Crippen molar-refractivity contribution in [1.82, 2.24) is 0 Å². The van der Waals surface area contributed by atoms with Crippen LogP contribution in [-0.2, 0) is 26.9 Å². The van der Waals surface area contributed by atoms with E-state index in [1.54, 1.807) is 18.2 Å². The molecule has 6 nitrogen and oxygen atoms in total. The lowest BCUT2D eigenvalue weighted by Crippen LogP contribution is -2.22. The van der Waals surface area contributed by atoms with Crippen LogP contribution < -0.4 is 10.1 Å². The summed E-state index contributed by atoms with van der Waals surface area (Å²) in [5.74, 6) is -0.943. The Morgan fingerprint density at radius 2 is 1.93 bits per heavy atom. The molecule has 0 unspecified atom stereocenters. The Morgan fingerprint density at radius 3 is 2.63 bits per heavy atom. The van der Waals surface area contributed by atoms with Gasteiger partial charge in [0.05, 0.1) is 36.1 Å². The molecule has 30 heavy (non-hydrogen) atoms. The molecule has 0 saturated carbocycles. The van der Waals surface area contributed by atoms with E-state index >= 15 is 0 Å². The van der Waals surface area contributed by atoms with E-state index in [1.807, 2.05) is 0 Å². The van der Waals surface area contributed by atoms with Gasteiger partial charge in [-0.1, -0.05) is 11.6 Å². The second-order valence-electron chi connectivity index (χ2n) is 6.20. The maximum Gasteiger partial charge on any atom is 0.416 e. The molecule has 0 fully saturated rings. The summed E-state index contributed by atoms with van der Waals surface area (Å²) in [4.78, 5) is 24.0. The summed E-state index contributed by atoms with van der Waals surface area (Å²) in [5.41, 5.74) is -0.127. The number of hydrogen-bond acceptors (Lipinski definition) is 5. The Kier molecular flexibility index (Phi) is 6.21. The molecule has 158 valence electrons. The molecule has 3 aromatic rings. The number of esters is 1. The fourth-order valence-corrected chi connectivity index (χ4v) is 2.83. The number of ether oxygens (including phenoxy) is 2. The summed E-state index contributed by atoms with van der Waals surface area (Å²) in [5, 5.41) is 2.81. The number of nitrogens with one attached hydrogen (secondary N) is 1. The van der Waals surface area contributed by atoms with Gasteiger partial charge < -0.3 is 19.2 Å². The second kappa shape index (κ2) is 8.66. The van der Waals surface area contributed by atoms with Gasteiger partial charge in [0, 0.05) is 17.0 Å². The summed E-state index contributed by atoms with van der Waals surface area (Å²) in [6.07, 6.45) is -3.35. The zero-order valence-corrected chi connectivity index (χ0v) is 16.3. The molecule has 0 saturated heterocycles. The minimum Gasteiger partial charge on any atom is -0.497 e. The minimum absolute atomic E-state index is 0.0806. The van der Waals surface area contributed by atoms with Gasteiger partial charge in [0.15, 0.2) is 6.61 Å². The number of benzene rings is 2. The number of carbonyl (C=O) groups excluding carboxylic acids is 2. The summed E-state index contributed by atoms with van der Waals surface area (Å²) in [6, 6.07) is 7.61. The number of furan rings is 1. The van der Waals surface area contributed by atoms with Gasteiger partial charge in [-0.25, -0.2) is 0 Å². The molecule has 0 atom stereocenters. The van der Waals surface area contributed by atoms with Crippen molar-refractivity contribution in [3.8, 4) is 5.75 Å². The van der Waals surface area contributed by atoms with Crippen LogP contribution in [0.15, 0.2) is 47.1 Å². The van der Waals surface area contributed by atoms with Crippen LogP contribution in [0.5, 0.6) is 5.75 Å². The molecule has 1 amide bonds. The summed E-state index contributed by atoms with van der Waals surface area (Å²) < 4.78 is 53.7. The van der Waals surface area contributed by atoms with Gasteiger partial charge in [0.2, 0.25) is 0 Å². The van der Waals surface area contributed by atoms with E-state index in [0.29, 0.717) is 28.3 Å². The zero-order valence-electron chi connectivity index (χ0n) is 15.5. The van der Waals surface area contributed by atoms with E-state index in [1.165, 1.54) is 13.4 Å². The van der Waals surface area contributed by atoms with Crippen molar-refractivity contribution in [2.24, 2.45) is 0 Å². The predicted molar refractivity (Wildman–Crippen MR) is 103 cm³/mol. The van der Waals surface area contributed by atoms with E-state index in [4.69, 9.17) is 25.5 Å². The SMILES string of the molecule is COc1ccc2c(CC(=O)OCC(=O)Nc3cc(C(F)(F)F)ccc3Cl)coc2c1. The Hall–Kier alpha value is -3.20. The lowest BCUT2D eigenvalue weighted by atomic mass is 10.1. The monoisotopic (exact) mass is 441 g/mol. The normalized spacial score (nSPS) is 11.4. The first-order valence-corrected chi connectivity index (χ1v) is 8.91. The standard InChI is InChI=1S/C20H15ClF3NO5/c1-28-13-3-4-14-11(9-29-17(14)8-13)6-19(27)30-10-18(26)25-16-7-12(20(22,23)24)2-5-15(16)21/h2-5,7-9H,6,10H2,1H3,(H,25,26). The highest BCUT2D eigenvalue weighted by Crippen LogP contribution is 2.33. The van der Waals surface area contributed by atoms with Gasteiger partial charge in [-0.2, -0.15) is 13.2 Å². The van der Waals surface area contributed by atoms with E-state index in [9.17, 15) is 22.8 Å². The first-order chi connectivity index (χ1) is 14.2. The molecule has 1 N–H and O–H groups in total. The molecule has 0 aliphatic heterocycles. The van der Waals surface area contributed by atoms with Gasteiger partial charge in [-0.05, 0) is 30.3 Å². The van der Waals surface area contributed by atoms with E-state index in [2.05, 4.69) is 5.32 Å². The third-order valence-electron chi connectivity index (χ3n) is 4.13. The molecular formula is C20H15ClF3NO5. The van der Waals surface area contributed by atoms with Crippen LogP contribution in [0.1, 0.15) is 11.1 Å². The van der Waals surface area contributed by atoms with Crippen LogP contribution in [0.4, 0.5) is 18.9 Å². The minimum atomic E-state index is -4.59. The molecule has 0 aliphatic rings. The van der Waals surface area contributed by atoms with Crippen LogP contribution in [-0.4, -0.2) is 25.6 Å². The fourth-order valence-electron chi connectivity index (χ4n) is 2.66. The Bertz CT molecular complexity index is 1090. The van der Waals surface area contributed by atoms with Crippen molar-refractivity contribution in [1.29, 1.82) is 0 Å². The smallest absolute Gasteiger partial charge is 0.416 e. The van der Waals surface area contributed by atoms with E-state index < -0.39 is 30.2 Å². The highest BCUT2D eigenvalue weighted by molar-refractivity contribution is 6.33. The Labute approximate surface area is 173 Å². The molecule has 10 heteroatoms. The number of carbonyl (C=O) groups is 2. The highest BCUT2D eigenvalue weighted by atomic mass is 35.5.